The van der Waals surface area contributed by atoms with Gasteiger partial charge in [-0.15, -0.1) is 0 Å². The number of aromatic amines is 1. The minimum atomic E-state index is -0.111. The lowest BCUT2D eigenvalue weighted by molar-refractivity contribution is -0.122. The molecule has 1 unspecified atom stereocenters. The minimum Gasteiger partial charge on any atom is -0.358 e. The zero-order valence-corrected chi connectivity index (χ0v) is 9.49. The van der Waals surface area contributed by atoms with E-state index in [1.807, 2.05) is 18.2 Å². The summed E-state index contributed by atoms with van der Waals surface area (Å²) in [7, 11) is 0. The Kier molecular flexibility index (Phi) is 2.37. The molecule has 4 N–H and O–H groups in total. The van der Waals surface area contributed by atoms with E-state index in [0.29, 0.717) is 0 Å². The van der Waals surface area contributed by atoms with Gasteiger partial charge in [0.2, 0.25) is 5.91 Å². The van der Waals surface area contributed by atoms with Crippen molar-refractivity contribution in [3.8, 4) is 0 Å². The Bertz CT molecular complexity index is 573. The molecule has 0 saturated heterocycles. The van der Waals surface area contributed by atoms with Crippen LogP contribution in [0.15, 0.2) is 24.3 Å². The Morgan fingerprint density at radius 1 is 1.41 bits per heavy atom. The maximum atomic E-state index is 11.8. The average molecular weight is 229 g/mol. The Balaban J connectivity index is 2.20. The first-order valence-electron chi connectivity index (χ1n) is 5.91. The Hall–Kier alpha value is -1.81. The summed E-state index contributed by atoms with van der Waals surface area (Å²) in [4.78, 5) is 15.2. The number of H-pyrrole nitrogens is 1. The molecule has 1 aliphatic rings. The number of rotatable bonds is 1. The summed E-state index contributed by atoms with van der Waals surface area (Å²) in [5.41, 5.74) is 5.70. The molecule has 0 aliphatic heterocycles. The molecule has 4 nitrogen and oxygen atoms in total. The molecule has 0 bridgehead atoms. The number of aryl methyl sites for hydroxylation is 1. The van der Waals surface area contributed by atoms with Crippen LogP contribution in [0, 0.1) is 0 Å². The van der Waals surface area contributed by atoms with Gasteiger partial charge in [0.25, 0.3) is 0 Å². The van der Waals surface area contributed by atoms with Crippen molar-refractivity contribution in [2.75, 3.05) is 0 Å². The molecule has 0 fully saturated rings. The van der Waals surface area contributed by atoms with E-state index < -0.39 is 0 Å². The van der Waals surface area contributed by atoms with E-state index in [0.717, 1.165) is 35.7 Å². The van der Waals surface area contributed by atoms with Crippen LogP contribution >= 0.6 is 0 Å². The summed E-state index contributed by atoms with van der Waals surface area (Å²) in [6.45, 7) is 0. The van der Waals surface area contributed by atoms with Crippen molar-refractivity contribution in [3.63, 3.8) is 0 Å². The molecule has 1 amide bonds. The summed E-state index contributed by atoms with van der Waals surface area (Å²) in [6, 6.07) is 8.11. The predicted octanol–water partition coefficient (Wildman–Crippen LogP) is 1.58. The Morgan fingerprint density at radius 3 is 3.06 bits per heavy atom. The second kappa shape index (κ2) is 3.89. The van der Waals surface area contributed by atoms with E-state index in [9.17, 15) is 4.79 Å². The summed E-state index contributed by atoms with van der Waals surface area (Å²) >= 11 is 0. The summed E-state index contributed by atoms with van der Waals surface area (Å²) < 4.78 is 0. The number of hydrogen-bond acceptors (Lipinski definition) is 2. The summed E-state index contributed by atoms with van der Waals surface area (Å²) in [6.07, 6.45) is 2.91. The third-order valence-corrected chi connectivity index (χ3v) is 3.55. The fourth-order valence-electron chi connectivity index (χ4n) is 2.80. The molecule has 1 aromatic carbocycles. The van der Waals surface area contributed by atoms with Gasteiger partial charge < -0.3 is 4.98 Å². The number of nitrogens with one attached hydrogen (secondary N) is 2. The molecule has 1 aliphatic carbocycles. The van der Waals surface area contributed by atoms with E-state index >= 15 is 0 Å². The lowest BCUT2D eigenvalue weighted by Gasteiger charge is -2.21. The topological polar surface area (TPSA) is 70.9 Å². The number of hydrogen-bond donors (Lipinski definition) is 3. The zero-order chi connectivity index (χ0) is 11.8. The lowest BCUT2D eigenvalue weighted by atomic mass is 9.84. The average Bonchev–Trinajstić information content (AvgIpc) is 2.76. The van der Waals surface area contributed by atoms with Gasteiger partial charge in [-0.25, -0.2) is 5.84 Å². The molecule has 3 rings (SSSR count). The van der Waals surface area contributed by atoms with Crippen molar-refractivity contribution in [1.29, 1.82) is 0 Å². The van der Waals surface area contributed by atoms with Crippen LogP contribution < -0.4 is 11.3 Å². The Labute approximate surface area is 99.2 Å². The molecular formula is C13H15N3O. The fourth-order valence-corrected chi connectivity index (χ4v) is 2.80. The first-order chi connectivity index (χ1) is 8.31. The minimum absolute atomic E-state index is 0.0873. The quantitative estimate of drug-likeness (QED) is 0.394. The van der Waals surface area contributed by atoms with Gasteiger partial charge in [-0.05, 0) is 30.9 Å². The second-order valence-electron chi connectivity index (χ2n) is 4.52. The number of hydrazine groups is 1. The fraction of sp³-hybridized carbons (Fsp3) is 0.308. The van der Waals surface area contributed by atoms with E-state index in [2.05, 4.69) is 16.5 Å². The van der Waals surface area contributed by atoms with Gasteiger partial charge in [-0.1, -0.05) is 18.2 Å². The second-order valence-corrected chi connectivity index (χ2v) is 4.52. The summed E-state index contributed by atoms with van der Waals surface area (Å²) in [5.74, 6) is 5.06. The van der Waals surface area contributed by atoms with Crippen LogP contribution in [0.2, 0.25) is 0 Å². The normalized spacial score (nSPS) is 19.0. The van der Waals surface area contributed by atoms with E-state index in [1.54, 1.807) is 0 Å². The number of amides is 1. The van der Waals surface area contributed by atoms with Crippen LogP contribution in [0.4, 0.5) is 0 Å². The maximum absolute atomic E-state index is 11.8. The highest BCUT2D eigenvalue weighted by Crippen LogP contribution is 2.36. The number of para-hydroxylation sites is 1. The highest BCUT2D eigenvalue weighted by molar-refractivity contribution is 5.93. The van der Waals surface area contributed by atoms with Crippen molar-refractivity contribution < 1.29 is 4.79 Å². The van der Waals surface area contributed by atoms with Crippen LogP contribution in [0.5, 0.6) is 0 Å². The highest BCUT2D eigenvalue weighted by atomic mass is 16.2. The number of benzene rings is 1. The zero-order valence-electron chi connectivity index (χ0n) is 9.49. The predicted molar refractivity (Wildman–Crippen MR) is 66.3 cm³/mol. The standard InChI is InChI=1S/C13H15N3O/c14-16-13(17)9-5-3-7-11-12(9)8-4-1-2-6-10(8)15-11/h1-2,4,6,9,15H,3,5,7,14H2,(H,16,17). The molecule has 1 heterocycles. The molecule has 0 spiro atoms. The van der Waals surface area contributed by atoms with Gasteiger partial charge in [0.05, 0.1) is 5.92 Å². The smallest absolute Gasteiger partial charge is 0.241 e. The third-order valence-electron chi connectivity index (χ3n) is 3.55. The third kappa shape index (κ3) is 1.52. The van der Waals surface area contributed by atoms with Crippen LogP contribution in [0.1, 0.15) is 30.0 Å². The molecule has 88 valence electrons. The number of fused-ring (bicyclic) bond motifs is 3. The first kappa shape index (κ1) is 10.4. The number of carbonyl (C=O) groups is 1. The first-order valence-corrected chi connectivity index (χ1v) is 5.91. The molecule has 4 heteroatoms. The van der Waals surface area contributed by atoms with E-state index in [4.69, 9.17) is 5.84 Å². The van der Waals surface area contributed by atoms with Gasteiger partial charge in [-0.3, -0.25) is 10.2 Å². The van der Waals surface area contributed by atoms with E-state index in [1.165, 1.54) is 5.69 Å². The van der Waals surface area contributed by atoms with Gasteiger partial charge in [0, 0.05) is 16.6 Å². The molecule has 17 heavy (non-hydrogen) atoms. The van der Waals surface area contributed by atoms with Gasteiger partial charge in [-0.2, -0.15) is 0 Å². The lowest BCUT2D eigenvalue weighted by Crippen LogP contribution is -2.36. The number of carbonyl (C=O) groups excluding carboxylic acids is 1. The SMILES string of the molecule is NNC(=O)C1CCCc2[nH]c3ccccc3c21. The van der Waals surface area contributed by atoms with Crippen molar-refractivity contribution >= 4 is 16.8 Å². The van der Waals surface area contributed by atoms with Gasteiger partial charge in [0.15, 0.2) is 0 Å². The largest absolute Gasteiger partial charge is 0.358 e. The highest BCUT2D eigenvalue weighted by Gasteiger charge is 2.29. The van der Waals surface area contributed by atoms with Gasteiger partial charge >= 0.3 is 0 Å². The van der Waals surface area contributed by atoms with E-state index in [-0.39, 0.29) is 11.8 Å². The monoisotopic (exact) mass is 229 g/mol. The number of nitrogens with two attached hydrogens (primary N) is 1. The van der Waals surface area contributed by atoms with Crippen molar-refractivity contribution in [1.82, 2.24) is 10.4 Å². The maximum Gasteiger partial charge on any atom is 0.241 e. The molecule has 0 saturated carbocycles. The van der Waals surface area contributed by atoms with Crippen LogP contribution in [0.25, 0.3) is 10.9 Å². The number of aromatic nitrogens is 1. The molecular weight excluding hydrogens is 214 g/mol. The Morgan fingerprint density at radius 2 is 2.24 bits per heavy atom. The van der Waals surface area contributed by atoms with Crippen molar-refractivity contribution in [3.05, 3.63) is 35.5 Å². The van der Waals surface area contributed by atoms with Gasteiger partial charge in [0.1, 0.15) is 0 Å². The summed E-state index contributed by atoms with van der Waals surface area (Å²) in [5, 5.41) is 1.15. The van der Waals surface area contributed by atoms with Crippen LogP contribution in [-0.2, 0) is 11.2 Å². The molecule has 1 aromatic heterocycles. The van der Waals surface area contributed by atoms with Crippen LogP contribution in [-0.4, -0.2) is 10.9 Å². The van der Waals surface area contributed by atoms with Crippen molar-refractivity contribution in [2.45, 2.75) is 25.2 Å². The molecule has 0 radical (unpaired) electrons. The van der Waals surface area contributed by atoms with Crippen LogP contribution in [0.3, 0.4) is 0 Å². The van der Waals surface area contributed by atoms with Crippen molar-refractivity contribution in [2.24, 2.45) is 5.84 Å². The molecule has 1 atom stereocenters. The molecule has 2 aromatic rings.